The Hall–Kier alpha value is -1.15. The summed E-state index contributed by atoms with van der Waals surface area (Å²) in [5.41, 5.74) is 1.11. The van der Waals surface area contributed by atoms with Crippen LogP contribution in [-0.2, 0) is 16.6 Å². The summed E-state index contributed by atoms with van der Waals surface area (Å²) in [7, 11) is -0.254. The summed E-state index contributed by atoms with van der Waals surface area (Å²) in [6.07, 6.45) is 0.403. The van der Waals surface area contributed by atoms with Crippen molar-refractivity contribution in [2.75, 3.05) is 39.5 Å². The SMILES string of the molecule is CC(C)CCOc1cccc(CN2C[C@@H](CS(=O)(=O)N(C)C)[C@H](O)C2)c1. The Morgan fingerprint density at radius 3 is 2.69 bits per heavy atom. The van der Waals surface area contributed by atoms with E-state index < -0.39 is 16.1 Å². The van der Waals surface area contributed by atoms with E-state index in [4.69, 9.17) is 4.74 Å². The lowest BCUT2D eigenvalue weighted by atomic mass is 10.1. The van der Waals surface area contributed by atoms with Crippen LogP contribution < -0.4 is 4.74 Å². The fraction of sp³-hybridized carbons (Fsp3) is 0.684. The molecule has 1 aliphatic heterocycles. The third kappa shape index (κ3) is 6.23. The van der Waals surface area contributed by atoms with Crippen molar-refractivity contribution in [2.24, 2.45) is 11.8 Å². The van der Waals surface area contributed by atoms with Crippen molar-refractivity contribution in [3.63, 3.8) is 0 Å². The summed E-state index contributed by atoms with van der Waals surface area (Å²) < 4.78 is 31.2. The van der Waals surface area contributed by atoms with Crippen molar-refractivity contribution in [3.8, 4) is 5.75 Å². The molecule has 0 aromatic heterocycles. The zero-order valence-corrected chi connectivity index (χ0v) is 17.1. The molecule has 1 heterocycles. The number of rotatable bonds is 9. The Morgan fingerprint density at radius 1 is 1.31 bits per heavy atom. The maximum Gasteiger partial charge on any atom is 0.214 e. The number of hydrogen-bond donors (Lipinski definition) is 1. The van der Waals surface area contributed by atoms with E-state index in [2.05, 4.69) is 18.7 Å². The van der Waals surface area contributed by atoms with Crippen molar-refractivity contribution < 1.29 is 18.3 Å². The van der Waals surface area contributed by atoms with Crippen molar-refractivity contribution in [2.45, 2.75) is 32.9 Å². The van der Waals surface area contributed by atoms with Gasteiger partial charge >= 0.3 is 0 Å². The average molecular weight is 385 g/mol. The lowest BCUT2D eigenvalue weighted by Gasteiger charge is -2.18. The number of hydrogen-bond acceptors (Lipinski definition) is 5. The van der Waals surface area contributed by atoms with E-state index in [1.54, 1.807) is 0 Å². The highest BCUT2D eigenvalue weighted by Gasteiger charge is 2.35. The van der Waals surface area contributed by atoms with Crippen LogP contribution in [0.3, 0.4) is 0 Å². The summed E-state index contributed by atoms with van der Waals surface area (Å²) in [6, 6.07) is 7.98. The molecular weight excluding hydrogens is 352 g/mol. The van der Waals surface area contributed by atoms with E-state index in [0.29, 0.717) is 32.2 Å². The van der Waals surface area contributed by atoms with Gasteiger partial charge in [-0.05, 0) is 30.0 Å². The lowest BCUT2D eigenvalue weighted by Crippen LogP contribution is -2.33. The quantitative estimate of drug-likeness (QED) is 0.703. The van der Waals surface area contributed by atoms with Crippen LogP contribution in [0.25, 0.3) is 0 Å². The van der Waals surface area contributed by atoms with E-state index in [0.717, 1.165) is 17.7 Å². The minimum atomic E-state index is -3.31. The number of likely N-dealkylation sites (tertiary alicyclic amines) is 1. The van der Waals surface area contributed by atoms with E-state index in [1.807, 2.05) is 24.3 Å². The molecule has 6 nitrogen and oxygen atoms in total. The Morgan fingerprint density at radius 2 is 2.04 bits per heavy atom. The number of nitrogens with zero attached hydrogens (tertiary/aromatic N) is 2. The molecule has 1 aromatic rings. The first kappa shape index (κ1) is 21.2. The van der Waals surface area contributed by atoms with Crippen LogP contribution in [0.1, 0.15) is 25.8 Å². The highest BCUT2D eigenvalue weighted by atomic mass is 32.2. The summed E-state index contributed by atoms with van der Waals surface area (Å²) in [5.74, 6) is 1.19. The van der Waals surface area contributed by atoms with Gasteiger partial charge in [0.25, 0.3) is 0 Å². The topological polar surface area (TPSA) is 70.1 Å². The largest absolute Gasteiger partial charge is 0.494 e. The molecule has 1 saturated heterocycles. The Labute approximate surface area is 157 Å². The summed E-state index contributed by atoms with van der Waals surface area (Å²) in [6.45, 7) is 6.79. The van der Waals surface area contributed by atoms with Crippen LogP contribution in [0.15, 0.2) is 24.3 Å². The molecule has 1 N–H and O–H groups in total. The van der Waals surface area contributed by atoms with Gasteiger partial charge in [-0.25, -0.2) is 12.7 Å². The van der Waals surface area contributed by atoms with Crippen LogP contribution in [0.2, 0.25) is 0 Å². The molecule has 0 spiro atoms. The molecule has 0 unspecified atom stereocenters. The molecule has 0 bridgehead atoms. The second-order valence-electron chi connectivity index (χ2n) is 7.76. The van der Waals surface area contributed by atoms with Gasteiger partial charge < -0.3 is 9.84 Å². The lowest BCUT2D eigenvalue weighted by molar-refractivity contribution is 0.148. The summed E-state index contributed by atoms with van der Waals surface area (Å²) >= 11 is 0. The molecule has 0 amide bonds. The number of ether oxygens (including phenoxy) is 1. The molecule has 0 aliphatic carbocycles. The predicted octanol–water partition coefficient (Wildman–Crippen LogP) is 1.80. The maximum atomic E-state index is 12.1. The van der Waals surface area contributed by atoms with Crippen molar-refractivity contribution in [1.29, 1.82) is 0 Å². The predicted molar refractivity (Wildman–Crippen MR) is 104 cm³/mol. The minimum absolute atomic E-state index is 0.0178. The number of benzene rings is 1. The molecule has 1 aliphatic rings. The molecule has 1 fully saturated rings. The van der Waals surface area contributed by atoms with Crippen molar-refractivity contribution >= 4 is 10.0 Å². The highest BCUT2D eigenvalue weighted by Crippen LogP contribution is 2.23. The maximum absolute atomic E-state index is 12.1. The van der Waals surface area contributed by atoms with E-state index in [9.17, 15) is 13.5 Å². The van der Waals surface area contributed by atoms with Crippen LogP contribution in [0.4, 0.5) is 0 Å². The Kier molecular flexibility index (Phi) is 7.46. The normalized spacial score (nSPS) is 21.7. The van der Waals surface area contributed by atoms with Crippen molar-refractivity contribution in [1.82, 2.24) is 9.21 Å². The first-order valence-electron chi connectivity index (χ1n) is 9.19. The van der Waals surface area contributed by atoms with E-state index in [1.165, 1.54) is 18.4 Å². The highest BCUT2D eigenvalue weighted by molar-refractivity contribution is 7.89. The monoisotopic (exact) mass is 384 g/mol. The zero-order valence-electron chi connectivity index (χ0n) is 16.3. The molecule has 0 radical (unpaired) electrons. The first-order valence-corrected chi connectivity index (χ1v) is 10.8. The summed E-state index contributed by atoms with van der Waals surface area (Å²) in [4.78, 5) is 2.10. The van der Waals surface area contributed by atoms with Gasteiger partial charge in [0.2, 0.25) is 10.0 Å². The Bertz CT molecular complexity index is 676. The average Bonchev–Trinajstić information content (AvgIpc) is 2.86. The fourth-order valence-corrected chi connectivity index (χ4v) is 4.23. The second kappa shape index (κ2) is 9.17. The smallest absolute Gasteiger partial charge is 0.214 e. The third-order valence-electron chi connectivity index (χ3n) is 4.73. The molecule has 148 valence electrons. The van der Waals surface area contributed by atoms with Gasteiger partial charge in [0.15, 0.2) is 0 Å². The molecule has 26 heavy (non-hydrogen) atoms. The molecule has 0 saturated carbocycles. The minimum Gasteiger partial charge on any atom is -0.494 e. The Balaban J connectivity index is 1.91. The molecule has 2 rings (SSSR count). The van der Waals surface area contributed by atoms with Crippen LogP contribution in [-0.4, -0.2) is 68.4 Å². The van der Waals surface area contributed by atoms with Crippen LogP contribution in [0, 0.1) is 11.8 Å². The van der Waals surface area contributed by atoms with E-state index in [-0.39, 0.29) is 11.7 Å². The van der Waals surface area contributed by atoms with Crippen molar-refractivity contribution in [3.05, 3.63) is 29.8 Å². The van der Waals surface area contributed by atoms with Gasteiger partial charge in [0.1, 0.15) is 5.75 Å². The fourth-order valence-electron chi connectivity index (χ4n) is 3.06. The zero-order chi connectivity index (χ0) is 19.3. The van der Waals surface area contributed by atoms with Gasteiger partial charge in [-0.3, -0.25) is 4.90 Å². The number of sulfonamides is 1. The van der Waals surface area contributed by atoms with Gasteiger partial charge in [-0.1, -0.05) is 26.0 Å². The second-order valence-corrected chi connectivity index (χ2v) is 9.99. The van der Waals surface area contributed by atoms with Gasteiger partial charge in [0.05, 0.1) is 18.5 Å². The van der Waals surface area contributed by atoms with Crippen LogP contribution >= 0.6 is 0 Å². The standard InChI is InChI=1S/C19H32N2O4S/c1-15(2)8-9-25-18-7-5-6-16(10-18)11-21-12-17(19(22)13-21)14-26(23,24)20(3)4/h5-7,10,15,17,19,22H,8-9,11-14H2,1-4H3/t17-,19+/m0/s1. The van der Waals surface area contributed by atoms with Crippen LogP contribution in [0.5, 0.6) is 5.75 Å². The number of aliphatic hydroxyl groups excluding tert-OH is 1. The number of β-amino-alcohol motifs (C(OH)–C–C–N with tert-alkyl or cyclic N) is 1. The summed E-state index contributed by atoms with van der Waals surface area (Å²) in [5, 5.41) is 10.3. The molecular formula is C19H32N2O4S. The molecule has 2 atom stereocenters. The van der Waals surface area contributed by atoms with Gasteiger partial charge in [-0.2, -0.15) is 0 Å². The number of aliphatic hydroxyl groups is 1. The third-order valence-corrected chi connectivity index (χ3v) is 6.69. The van der Waals surface area contributed by atoms with Gasteiger partial charge in [-0.15, -0.1) is 0 Å². The molecule has 7 heteroatoms. The molecule has 1 aromatic carbocycles. The van der Waals surface area contributed by atoms with E-state index >= 15 is 0 Å². The first-order chi connectivity index (χ1) is 12.2. The van der Waals surface area contributed by atoms with Gasteiger partial charge in [0, 0.05) is 39.6 Å².